The second-order valence-electron chi connectivity index (χ2n) is 10.7. The highest BCUT2D eigenvalue weighted by Gasteiger charge is 2.58. The molecule has 0 amide bonds. The third-order valence-electron chi connectivity index (χ3n) is 5.38. The fraction of sp³-hybridized carbons (Fsp3) is 0.640. The standard InChI is InChI=1S/C25H36O8/c1-23(2,3)32-21(27)19-15(26)13-25(7,29)20(22(28)33-24(4,5)6)18(19)14-10-11-16(30-8)17(12-14)31-9/h10-12,18-20,29H,13H2,1-9H3/t18-,19-,20+,25+/m0/s1. The first-order valence-electron chi connectivity index (χ1n) is 10.9. The number of hydrogen-bond donors (Lipinski definition) is 1. The number of esters is 2. The zero-order valence-corrected chi connectivity index (χ0v) is 21.0. The molecule has 1 fully saturated rings. The van der Waals surface area contributed by atoms with E-state index in [9.17, 15) is 19.5 Å². The van der Waals surface area contributed by atoms with Gasteiger partial charge >= 0.3 is 11.9 Å². The van der Waals surface area contributed by atoms with Crippen molar-refractivity contribution in [2.75, 3.05) is 14.2 Å². The molecule has 0 bridgehead atoms. The lowest BCUT2D eigenvalue weighted by Gasteiger charge is -2.44. The summed E-state index contributed by atoms with van der Waals surface area (Å²) in [6, 6.07) is 4.88. The van der Waals surface area contributed by atoms with Crippen LogP contribution in [-0.4, -0.2) is 53.9 Å². The van der Waals surface area contributed by atoms with Gasteiger partial charge in [0.2, 0.25) is 0 Å². The molecule has 1 aromatic carbocycles. The molecule has 0 saturated heterocycles. The number of benzene rings is 1. The minimum absolute atomic E-state index is 0.360. The number of methoxy groups -OCH3 is 2. The van der Waals surface area contributed by atoms with E-state index in [-0.39, 0.29) is 6.42 Å². The maximum absolute atomic E-state index is 13.3. The van der Waals surface area contributed by atoms with Gasteiger partial charge in [-0.25, -0.2) is 0 Å². The van der Waals surface area contributed by atoms with E-state index >= 15 is 0 Å². The van der Waals surface area contributed by atoms with Crippen molar-refractivity contribution in [3.05, 3.63) is 23.8 Å². The van der Waals surface area contributed by atoms with Gasteiger partial charge in [0.25, 0.3) is 0 Å². The highest BCUT2D eigenvalue weighted by Crippen LogP contribution is 2.48. The molecule has 0 aliphatic heterocycles. The van der Waals surface area contributed by atoms with Crippen LogP contribution in [0.5, 0.6) is 11.5 Å². The van der Waals surface area contributed by atoms with Gasteiger partial charge in [0, 0.05) is 12.3 Å². The van der Waals surface area contributed by atoms with Crippen LogP contribution in [0.2, 0.25) is 0 Å². The molecule has 0 unspecified atom stereocenters. The van der Waals surface area contributed by atoms with Crippen LogP contribution in [0.1, 0.15) is 66.4 Å². The quantitative estimate of drug-likeness (QED) is 0.522. The van der Waals surface area contributed by atoms with Gasteiger partial charge in [-0.05, 0) is 66.2 Å². The normalized spacial score (nSPS) is 25.9. The smallest absolute Gasteiger partial charge is 0.317 e. The second kappa shape index (κ2) is 9.33. The molecular formula is C25H36O8. The molecule has 184 valence electrons. The van der Waals surface area contributed by atoms with Crippen molar-refractivity contribution < 1.29 is 38.4 Å². The Morgan fingerprint density at radius 1 is 0.939 bits per heavy atom. The summed E-state index contributed by atoms with van der Waals surface area (Å²) in [6.07, 6.45) is -0.384. The van der Waals surface area contributed by atoms with Crippen molar-refractivity contribution >= 4 is 17.7 Å². The van der Waals surface area contributed by atoms with Gasteiger partial charge in [0.15, 0.2) is 17.3 Å². The summed E-state index contributed by atoms with van der Waals surface area (Å²) in [7, 11) is 2.94. The SMILES string of the molecule is COc1ccc([C@H]2[C@@H](C(=O)OC(C)(C)C)C(=O)C[C@@](C)(O)[C@H]2C(=O)OC(C)(C)C)cc1OC. The lowest BCUT2D eigenvalue weighted by atomic mass is 9.61. The Hall–Kier alpha value is -2.61. The summed E-state index contributed by atoms with van der Waals surface area (Å²) in [5.41, 5.74) is -2.97. The Balaban J connectivity index is 2.72. The average Bonchev–Trinajstić information content (AvgIpc) is 2.62. The summed E-state index contributed by atoms with van der Waals surface area (Å²) in [6.45, 7) is 11.7. The minimum atomic E-state index is -1.74. The molecule has 4 atom stereocenters. The molecule has 1 aliphatic carbocycles. The first-order valence-corrected chi connectivity index (χ1v) is 10.9. The molecule has 0 aromatic heterocycles. The van der Waals surface area contributed by atoms with Gasteiger partial charge in [-0.1, -0.05) is 6.07 Å². The first kappa shape index (κ1) is 26.6. The maximum Gasteiger partial charge on any atom is 0.317 e. The number of carbonyl (C=O) groups excluding carboxylic acids is 3. The van der Waals surface area contributed by atoms with E-state index < -0.39 is 52.3 Å². The van der Waals surface area contributed by atoms with Gasteiger partial charge in [0.1, 0.15) is 17.1 Å². The van der Waals surface area contributed by atoms with E-state index in [1.54, 1.807) is 59.7 Å². The van der Waals surface area contributed by atoms with Crippen LogP contribution in [0.4, 0.5) is 0 Å². The van der Waals surface area contributed by atoms with Crippen molar-refractivity contribution in [1.82, 2.24) is 0 Å². The molecule has 2 rings (SSSR count). The van der Waals surface area contributed by atoms with Crippen LogP contribution in [0, 0.1) is 11.8 Å². The monoisotopic (exact) mass is 464 g/mol. The summed E-state index contributed by atoms with van der Waals surface area (Å²) in [5, 5.41) is 11.2. The highest BCUT2D eigenvalue weighted by atomic mass is 16.6. The molecule has 1 saturated carbocycles. The first-order chi connectivity index (χ1) is 15.0. The van der Waals surface area contributed by atoms with Gasteiger partial charge in [-0.2, -0.15) is 0 Å². The lowest BCUT2D eigenvalue weighted by molar-refractivity contribution is -0.182. The molecule has 1 N–H and O–H groups in total. The summed E-state index contributed by atoms with van der Waals surface area (Å²) in [4.78, 5) is 39.7. The third-order valence-corrected chi connectivity index (χ3v) is 5.38. The van der Waals surface area contributed by atoms with Crippen molar-refractivity contribution in [3.8, 4) is 11.5 Å². The predicted molar refractivity (Wildman–Crippen MR) is 121 cm³/mol. The fourth-order valence-corrected chi connectivity index (χ4v) is 4.21. The molecule has 0 radical (unpaired) electrons. The Morgan fingerprint density at radius 2 is 1.45 bits per heavy atom. The number of hydrogen-bond acceptors (Lipinski definition) is 8. The topological polar surface area (TPSA) is 108 Å². The molecule has 8 nitrogen and oxygen atoms in total. The van der Waals surface area contributed by atoms with E-state index in [4.69, 9.17) is 18.9 Å². The number of Topliss-reactive ketones (excluding diaryl/α,β-unsaturated/α-hetero) is 1. The molecule has 0 heterocycles. The van der Waals surface area contributed by atoms with Gasteiger partial charge in [-0.15, -0.1) is 0 Å². The summed E-state index contributed by atoms with van der Waals surface area (Å²) < 4.78 is 21.9. The summed E-state index contributed by atoms with van der Waals surface area (Å²) >= 11 is 0. The molecule has 0 spiro atoms. The summed E-state index contributed by atoms with van der Waals surface area (Å²) in [5.74, 6) is -4.70. The van der Waals surface area contributed by atoms with E-state index in [1.165, 1.54) is 21.1 Å². The van der Waals surface area contributed by atoms with Crippen LogP contribution in [0.15, 0.2) is 18.2 Å². The van der Waals surface area contributed by atoms with E-state index in [1.807, 2.05) is 0 Å². The van der Waals surface area contributed by atoms with E-state index in [2.05, 4.69) is 0 Å². The van der Waals surface area contributed by atoms with Gasteiger partial charge in [-0.3, -0.25) is 14.4 Å². The Morgan fingerprint density at radius 3 is 1.94 bits per heavy atom. The van der Waals surface area contributed by atoms with Crippen molar-refractivity contribution in [2.45, 2.75) is 77.6 Å². The zero-order valence-electron chi connectivity index (χ0n) is 21.0. The van der Waals surface area contributed by atoms with Crippen molar-refractivity contribution in [3.63, 3.8) is 0 Å². The van der Waals surface area contributed by atoms with Crippen LogP contribution in [-0.2, 0) is 23.9 Å². The van der Waals surface area contributed by atoms with Crippen molar-refractivity contribution in [1.29, 1.82) is 0 Å². The van der Waals surface area contributed by atoms with Crippen LogP contribution in [0.25, 0.3) is 0 Å². The van der Waals surface area contributed by atoms with Crippen LogP contribution in [0.3, 0.4) is 0 Å². The molecule has 33 heavy (non-hydrogen) atoms. The van der Waals surface area contributed by atoms with E-state index in [0.717, 1.165) is 0 Å². The van der Waals surface area contributed by atoms with E-state index in [0.29, 0.717) is 17.1 Å². The lowest BCUT2D eigenvalue weighted by Crippen LogP contribution is -2.56. The average molecular weight is 465 g/mol. The Bertz CT molecular complexity index is 904. The highest BCUT2D eigenvalue weighted by molar-refractivity contribution is 6.03. The number of carbonyl (C=O) groups is 3. The molecule has 1 aromatic rings. The number of rotatable bonds is 5. The largest absolute Gasteiger partial charge is 0.493 e. The third kappa shape index (κ3) is 6.25. The maximum atomic E-state index is 13.3. The van der Waals surface area contributed by atoms with Crippen LogP contribution >= 0.6 is 0 Å². The molecule has 8 heteroatoms. The second-order valence-corrected chi connectivity index (χ2v) is 10.7. The van der Waals surface area contributed by atoms with Gasteiger partial charge in [0.05, 0.1) is 25.7 Å². The number of ketones is 1. The number of aliphatic hydroxyl groups is 1. The zero-order chi connectivity index (χ0) is 25.4. The van der Waals surface area contributed by atoms with Crippen molar-refractivity contribution in [2.24, 2.45) is 11.8 Å². The molecular weight excluding hydrogens is 428 g/mol. The fourth-order valence-electron chi connectivity index (χ4n) is 4.21. The molecule has 1 aliphatic rings. The number of ether oxygens (including phenoxy) is 4. The van der Waals surface area contributed by atoms with Crippen LogP contribution < -0.4 is 9.47 Å². The minimum Gasteiger partial charge on any atom is -0.493 e. The Labute approximate surface area is 195 Å². The Kier molecular flexibility index (Phi) is 7.53. The van der Waals surface area contributed by atoms with Gasteiger partial charge < -0.3 is 24.1 Å². The predicted octanol–water partition coefficient (Wildman–Crippen LogP) is 3.43.